The molecule has 0 unspecified atom stereocenters. The van der Waals surface area contributed by atoms with Crippen molar-refractivity contribution in [3.8, 4) is 28.8 Å². The minimum absolute atomic E-state index is 0.0693. The minimum atomic E-state index is -3.02. The summed E-state index contributed by atoms with van der Waals surface area (Å²) in [6, 6.07) is 23.8. The zero-order chi connectivity index (χ0) is 29.1. The molecule has 3 aromatic carbocycles. The number of nitrogens with zero attached hydrogens (tertiary/aromatic N) is 3. The first kappa shape index (κ1) is 27.2. The van der Waals surface area contributed by atoms with Crippen LogP contribution < -0.4 is 15.0 Å². The van der Waals surface area contributed by atoms with Crippen molar-refractivity contribution in [1.29, 1.82) is 5.26 Å². The Balaban J connectivity index is 1.52. The van der Waals surface area contributed by atoms with Crippen molar-refractivity contribution in [1.82, 2.24) is 14.8 Å². The molecule has 42 heavy (non-hydrogen) atoms. The Labute approximate surface area is 239 Å². The average Bonchev–Trinajstić information content (AvgIpc) is 3.76. The van der Waals surface area contributed by atoms with Crippen LogP contribution in [0.2, 0.25) is 0 Å². The fourth-order valence-electron chi connectivity index (χ4n) is 5.03. The number of rotatable bonds is 11. The molecule has 212 valence electrons. The van der Waals surface area contributed by atoms with Gasteiger partial charge in [-0.2, -0.15) is 19.1 Å². The van der Waals surface area contributed by atoms with E-state index in [0.29, 0.717) is 39.9 Å². The van der Waals surface area contributed by atoms with Crippen LogP contribution in [0, 0.1) is 11.3 Å². The van der Waals surface area contributed by atoms with Crippen LogP contribution >= 0.6 is 0 Å². The summed E-state index contributed by atoms with van der Waals surface area (Å²) in [6.07, 6.45) is 3.38. The normalized spacial score (nSPS) is 12.9. The van der Waals surface area contributed by atoms with E-state index in [1.54, 1.807) is 30.5 Å². The number of nitriles is 1. The average molecular weight is 569 g/mol. The number of aromatic amines is 1. The first-order valence-electron chi connectivity index (χ1n) is 13.5. The number of halogens is 2. The lowest BCUT2D eigenvalue weighted by atomic mass is 9.96. The van der Waals surface area contributed by atoms with Crippen molar-refractivity contribution in [3.63, 3.8) is 0 Å². The maximum Gasteiger partial charge on any atom is 0.387 e. The van der Waals surface area contributed by atoms with Gasteiger partial charge in [0.1, 0.15) is 6.73 Å². The Morgan fingerprint density at radius 1 is 1.05 bits per heavy atom. The number of hydrogen-bond donors (Lipinski definition) is 1. The SMILES string of the molecule is N#Cc1ccccc1Cc1c(-c2ccc(OC(F)F)c(OC3CC3)c2)n(COCc2ccccc2)c2cn[nH]c(=O)c12. The summed E-state index contributed by atoms with van der Waals surface area (Å²) in [6.45, 7) is -2.63. The molecule has 10 heteroatoms. The van der Waals surface area contributed by atoms with Gasteiger partial charge in [-0.1, -0.05) is 48.5 Å². The first-order valence-corrected chi connectivity index (χ1v) is 13.5. The molecule has 6 rings (SSSR count). The van der Waals surface area contributed by atoms with Crippen LogP contribution in [0.25, 0.3) is 22.2 Å². The summed E-state index contributed by atoms with van der Waals surface area (Å²) >= 11 is 0. The highest BCUT2D eigenvalue weighted by molar-refractivity contribution is 5.91. The molecule has 8 nitrogen and oxygen atoms in total. The molecule has 5 aromatic rings. The lowest BCUT2D eigenvalue weighted by Crippen LogP contribution is -2.09. The summed E-state index contributed by atoms with van der Waals surface area (Å²) in [4.78, 5) is 13.3. The molecule has 2 heterocycles. The second-order valence-corrected chi connectivity index (χ2v) is 9.98. The first-order chi connectivity index (χ1) is 20.5. The van der Waals surface area contributed by atoms with Crippen LogP contribution in [0.5, 0.6) is 11.5 Å². The van der Waals surface area contributed by atoms with E-state index in [1.807, 2.05) is 47.0 Å². The van der Waals surface area contributed by atoms with Gasteiger partial charge in [-0.3, -0.25) is 4.79 Å². The largest absolute Gasteiger partial charge is 0.487 e. The maximum absolute atomic E-state index is 13.3. The predicted octanol–water partition coefficient (Wildman–Crippen LogP) is 6.17. The van der Waals surface area contributed by atoms with Gasteiger partial charge in [0.2, 0.25) is 0 Å². The van der Waals surface area contributed by atoms with E-state index < -0.39 is 12.2 Å². The van der Waals surface area contributed by atoms with Gasteiger partial charge in [-0.05, 0) is 53.8 Å². The standard InChI is InChI=1S/C32H26F2N4O4/c33-32(34)42-27-13-10-22(15-28(27)41-24-11-12-24)30-25(14-21-8-4-5-9-23(21)16-35)29-26(17-36-37-31(29)39)38(30)19-40-18-20-6-2-1-3-7-20/h1-10,13,15,17,24,32H,11-12,14,18-19H2,(H,37,39). The van der Waals surface area contributed by atoms with E-state index in [4.69, 9.17) is 14.2 Å². The number of alkyl halides is 2. The molecule has 0 atom stereocenters. The summed E-state index contributed by atoms with van der Waals surface area (Å²) in [5.41, 5.74) is 4.19. The molecule has 1 N–H and O–H groups in total. The third-order valence-corrected chi connectivity index (χ3v) is 7.07. The highest BCUT2D eigenvalue weighted by atomic mass is 19.3. The number of nitrogens with one attached hydrogen (secondary N) is 1. The zero-order valence-corrected chi connectivity index (χ0v) is 22.4. The third kappa shape index (κ3) is 5.73. The summed E-state index contributed by atoms with van der Waals surface area (Å²) in [5.74, 6) is 0.118. The zero-order valence-electron chi connectivity index (χ0n) is 22.4. The highest BCUT2D eigenvalue weighted by Crippen LogP contribution is 2.41. The smallest absolute Gasteiger partial charge is 0.387 e. The number of H-pyrrole nitrogens is 1. The Morgan fingerprint density at radius 3 is 2.60 bits per heavy atom. The van der Waals surface area contributed by atoms with E-state index in [2.05, 4.69) is 16.3 Å². The van der Waals surface area contributed by atoms with E-state index >= 15 is 0 Å². The van der Waals surface area contributed by atoms with Gasteiger partial charge < -0.3 is 18.8 Å². The molecule has 1 fully saturated rings. The van der Waals surface area contributed by atoms with Gasteiger partial charge in [0.25, 0.3) is 5.56 Å². The van der Waals surface area contributed by atoms with Gasteiger partial charge in [-0.25, -0.2) is 5.10 Å². The molecular weight excluding hydrogens is 542 g/mol. The van der Waals surface area contributed by atoms with Crippen LogP contribution in [0.15, 0.2) is 83.8 Å². The van der Waals surface area contributed by atoms with Crippen molar-refractivity contribution in [2.24, 2.45) is 0 Å². The lowest BCUT2D eigenvalue weighted by Gasteiger charge is -2.17. The summed E-state index contributed by atoms with van der Waals surface area (Å²) < 4.78 is 45.1. The van der Waals surface area contributed by atoms with Crippen LogP contribution in [0.4, 0.5) is 8.78 Å². The summed E-state index contributed by atoms with van der Waals surface area (Å²) in [7, 11) is 0. The van der Waals surface area contributed by atoms with Crippen molar-refractivity contribution in [2.75, 3.05) is 0 Å². The lowest BCUT2D eigenvalue weighted by molar-refractivity contribution is -0.0516. The topological polar surface area (TPSA) is 102 Å². The number of hydrogen-bond acceptors (Lipinski definition) is 6. The van der Waals surface area contributed by atoms with E-state index in [1.165, 1.54) is 6.07 Å². The molecule has 0 spiro atoms. The van der Waals surface area contributed by atoms with Crippen molar-refractivity contribution in [3.05, 3.63) is 112 Å². The van der Waals surface area contributed by atoms with E-state index in [9.17, 15) is 18.8 Å². The second kappa shape index (κ2) is 11.8. The number of benzene rings is 3. The molecule has 2 aromatic heterocycles. The molecule has 0 aliphatic heterocycles. The molecule has 1 saturated carbocycles. The fraction of sp³-hybridized carbons (Fsp3) is 0.219. The highest BCUT2D eigenvalue weighted by Gasteiger charge is 2.28. The van der Waals surface area contributed by atoms with E-state index in [0.717, 1.165) is 24.0 Å². The molecular formula is C32H26F2N4O4. The van der Waals surface area contributed by atoms with Gasteiger partial charge >= 0.3 is 6.61 Å². The van der Waals surface area contributed by atoms with Gasteiger partial charge in [-0.15, -0.1) is 0 Å². The molecule has 0 bridgehead atoms. The van der Waals surface area contributed by atoms with Crippen LogP contribution in [0.3, 0.4) is 0 Å². The van der Waals surface area contributed by atoms with Gasteiger partial charge in [0.05, 0.1) is 47.1 Å². The molecule has 0 radical (unpaired) electrons. The van der Waals surface area contributed by atoms with E-state index in [-0.39, 0.29) is 30.8 Å². The fourth-order valence-corrected chi connectivity index (χ4v) is 5.03. The second-order valence-electron chi connectivity index (χ2n) is 9.98. The van der Waals surface area contributed by atoms with Crippen molar-refractivity contribution < 1.29 is 23.0 Å². The van der Waals surface area contributed by atoms with Crippen LogP contribution in [0.1, 0.15) is 35.1 Å². The monoisotopic (exact) mass is 568 g/mol. The van der Waals surface area contributed by atoms with Gasteiger partial charge in [0, 0.05) is 12.0 Å². The summed E-state index contributed by atoms with van der Waals surface area (Å²) in [5, 5.41) is 16.7. The van der Waals surface area contributed by atoms with Crippen LogP contribution in [-0.2, 0) is 24.5 Å². The van der Waals surface area contributed by atoms with Crippen molar-refractivity contribution >= 4 is 10.9 Å². The van der Waals surface area contributed by atoms with Crippen LogP contribution in [-0.4, -0.2) is 27.5 Å². The Bertz CT molecular complexity index is 1820. The number of aromatic nitrogens is 3. The Morgan fingerprint density at radius 2 is 1.83 bits per heavy atom. The van der Waals surface area contributed by atoms with Gasteiger partial charge in [0.15, 0.2) is 11.5 Å². The Kier molecular flexibility index (Phi) is 7.66. The quantitative estimate of drug-likeness (QED) is 0.204. The van der Waals surface area contributed by atoms with Crippen molar-refractivity contribution in [2.45, 2.75) is 45.3 Å². The number of fused-ring (bicyclic) bond motifs is 1. The molecule has 1 aliphatic carbocycles. The Hall–Kier alpha value is -5.01. The molecule has 1 aliphatic rings. The molecule has 0 saturated heterocycles. The third-order valence-electron chi connectivity index (χ3n) is 7.07. The minimum Gasteiger partial charge on any atom is -0.487 e. The predicted molar refractivity (Wildman–Crippen MR) is 151 cm³/mol. The maximum atomic E-state index is 13.3. The number of ether oxygens (including phenoxy) is 3. The molecule has 0 amide bonds.